The number of hydrogen-bond donors (Lipinski definition) is 2. The molecule has 0 aliphatic rings. The maximum atomic E-state index is 12.7. The van der Waals surface area contributed by atoms with Crippen LogP contribution in [0.5, 0.6) is 11.5 Å². The van der Waals surface area contributed by atoms with Crippen molar-refractivity contribution in [2.24, 2.45) is 5.10 Å². The molecule has 4 aromatic carbocycles. The van der Waals surface area contributed by atoms with Crippen LogP contribution in [0.4, 0.5) is 16.5 Å². The van der Waals surface area contributed by atoms with Gasteiger partial charge in [0.05, 0.1) is 23.9 Å². The molecule has 1 heterocycles. The first-order valence-electron chi connectivity index (χ1n) is 13.3. The lowest BCUT2D eigenvalue weighted by molar-refractivity contribution is -0.384. The molecule has 10 nitrogen and oxygen atoms in total. The summed E-state index contributed by atoms with van der Waals surface area (Å²) in [4.78, 5) is 28.0. The van der Waals surface area contributed by atoms with Crippen LogP contribution in [0.25, 0.3) is 11.3 Å². The van der Waals surface area contributed by atoms with Gasteiger partial charge in [0, 0.05) is 44.4 Å². The monoisotopic (exact) mass is 671 g/mol. The number of carbonyl (C=O) groups excluding carboxylic acids is 1. The van der Waals surface area contributed by atoms with Gasteiger partial charge in [0.1, 0.15) is 6.61 Å². The number of nitrogens with one attached hydrogen (secondary N) is 2. The molecule has 5 rings (SSSR count). The van der Waals surface area contributed by atoms with Crippen molar-refractivity contribution in [1.29, 1.82) is 0 Å². The van der Waals surface area contributed by atoms with Gasteiger partial charge in [-0.1, -0.05) is 42.0 Å². The Morgan fingerprint density at radius 1 is 1.07 bits per heavy atom. The van der Waals surface area contributed by atoms with E-state index in [-0.39, 0.29) is 18.2 Å². The summed E-state index contributed by atoms with van der Waals surface area (Å²) in [5.41, 5.74) is 8.12. The van der Waals surface area contributed by atoms with Gasteiger partial charge in [-0.2, -0.15) is 5.10 Å². The summed E-state index contributed by atoms with van der Waals surface area (Å²) in [5.74, 6) is 0.499. The fourth-order valence-electron chi connectivity index (χ4n) is 4.08. The average Bonchev–Trinajstić information content (AvgIpc) is 3.50. The normalized spacial score (nSPS) is 10.9. The summed E-state index contributed by atoms with van der Waals surface area (Å²) < 4.78 is 12.0. The zero-order chi connectivity index (χ0) is 31.1. The molecule has 0 unspecified atom stereocenters. The lowest BCUT2D eigenvalue weighted by atomic mass is 10.1. The zero-order valence-corrected chi connectivity index (χ0v) is 26.0. The number of halogens is 1. The number of methoxy groups -OCH3 is 1. The Morgan fingerprint density at radius 2 is 1.84 bits per heavy atom. The number of carbonyl (C=O) groups is 1. The van der Waals surface area contributed by atoms with E-state index in [4.69, 9.17) is 9.47 Å². The van der Waals surface area contributed by atoms with Gasteiger partial charge in [0.25, 0.3) is 11.6 Å². The van der Waals surface area contributed by atoms with Gasteiger partial charge in [0.2, 0.25) is 0 Å². The van der Waals surface area contributed by atoms with Crippen molar-refractivity contribution in [2.45, 2.75) is 13.5 Å². The third kappa shape index (κ3) is 7.65. The largest absolute Gasteiger partial charge is 0.493 e. The molecule has 0 aliphatic heterocycles. The van der Waals surface area contributed by atoms with Crippen LogP contribution in [-0.2, 0) is 6.61 Å². The first kappa shape index (κ1) is 30.4. The summed E-state index contributed by atoms with van der Waals surface area (Å²) in [6.07, 6.45) is 1.49. The average molecular weight is 673 g/mol. The zero-order valence-electron chi connectivity index (χ0n) is 23.6. The third-order valence-electron chi connectivity index (χ3n) is 6.42. The lowest BCUT2D eigenvalue weighted by Crippen LogP contribution is -2.17. The van der Waals surface area contributed by atoms with Crippen molar-refractivity contribution in [3.63, 3.8) is 0 Å². The number of nitrogens with zero attached hydrogens (tertiary/aromatic N) is 3. The fourth-order valence-corrected chi connectivity index (χ4v) is 5.25. The highest BCUT2D eigenvalue weighted by atomic mass is 79.9. The predicted octanol–water partition coefficient (Wildman–Crippen LogP) is 7.88. The minimum absolute atomic E-state index is 0.0102. The number of nitro groups is 1. The number of aromatic nitrogens is 1. The van der Waals surface area contributed by atoms with E-state index in [9.17, 15) is 14.9 Å². The van der Waals surface area contributed by atoms with Gasteiger partial charge < -0.3 is 14.8 Å². The van der Waals surface area contributed by atoms with Gasteiger partial charge in [-0.05, 0) is 64.8 Å². The van der Waals surface area contributed by atoms with Crippen molar-refractivity contribution in [1.82, 2.24) is 10.4 Å². The van der Waals surface area contributed by atoms with Crippen LogP contribution in [-0.4, -0.2) is 29.1 Å². The van der Waals surface area contributed by atoms with Gasteiger partial charge in [0.15, 0.2) is 16.6 Å². The molecule has 2 N–H and O–H groups in total. The predicted molar refractivity (Wildman–Crippen MR) is 175 cm³/mol. The molecule has 0 radical (unpaired) electrons. The number of hydrazone groups is 1. The number of aryl methyl sites for hydroxylation is 1. The molecule has 0 fully saturated rings. The second-order valence-electron chi connectivity index (χ2n) is 9.55. The SMILES string of the molecule is COc1cc(/C=N\NC(=O)c2ccc(-c3csc(Nc4ccc(C)cc4)n3)cc2)c(Br)cc1OCc1cccc([N+](=O)[O-])c1. The smallest absolute Gasteiger partial charge is 0.271 e. The van der Waals surface area contributed by atoms with Crippen LogP contribution in [0.3, 0.4) is 0 Å². The number of anilines is 2. The standard InChI is InChI=1S/C32H26BrN5O5S/c1-20-6-12-25(13-7-20)35-32-36-28(19-44-32)22-8-10-23(11-9-22)31(39)37-34-17-24-15-29(42-2)30(16-27(24)33)43-18-21-4-3-5-26(14-21)38(40)41/h3-17,19H,18H2,1-2H3,(H,35,36)(H,37,39)/b34-17-. The van der Waals surface area contributed by atoms with Gasteiger partial charge >= 0.3 is 0 Å². The topological polar surface area (TPSA) is 128 Å². The Balaban J connectivity index is 1.18. The summed E-state index contributed by atoms with van der Waals surface area (Å²) in [6, 6.07) is 24.9. The van der Waals surface area contributed by atoms with E-state index in [1.54, 1.807) is 36.4 Å². The quantitative estimate of drug-likeness (QED) is 0.0830. The highest BCUT2D eigenvalue weighted by Crippen LogP contribution is 2.34. The Morgan fingerprint density at radius 3 is 2.57 bits per heavy atom. The van der Waals surface area contributed by atoms with E-state index in [0.717, 1.165) is 22.1 Å². The first-order valence-corrected chi connectivity index (χ1v) is 14.9. The summed E-state index contributed by atoms with van der Waals surface area (Å²) in [5, 5.41) is 21.2. The molecule has 0 aliphatic carbocycles. The van der Waals surface area contributed by atoms with Gasteiger partial charge in [-0.3, -0.25) is 14.9 Å². The van der Waals surface area contributed by atoms with Crippen LogP contribution in [0.2, 0.25) is 0 Å². The van der Waals surface area contributed by atoms with E-state index < -0.39 is 4.92 Å². The minimum atomic E-state index is -0.452. The minimum Gasteiger partial charge on any atom is -0.493 e. The van der Waals surface area contributed by atoms with Gasteiger partial charge in [-0.25, -0.2) is 10.4 Å². The third-order valence-corrected chi connectivity index (χ3v) is 7.86. The number of benzene rings is 4. The highest BCUT2D eigenvalue weighted by molar-refractivity contribution is 9.10. The number of thiazole rings is 1. The van der Waals surface area contributed by atoms with Crippen LogP contribution in [0.1, 0.15) is 27.0 Å². The lowest BCUT2D eigenvalue weighted by Gasteiger charge is -2.13. The number of hydrogen-bond acceptors (Lipinski definition) is 9. The molecular formula is C32H26BrN5O5S. The molecule has 0 saturated carbocycles. The summed E-state index contributed by atoms with van der Waals surface area (Å²) in [7, 11) is 1.50. The fraction of sp³-hybridized carbons (Fsp3) is 0.0938. The molecule has 1 aromatic heterocycles. The van der Waals surface area contributed by atoms with Crippen molar-refractivity contribution < 1.29 is 19.2 Å². The van der Waals surface area contributed by atoms with Crippen molar-refractivity contribution in [3.05, 3.63) is 127 Å². The van der Waals surface area contributed by atoms with E-state index in [2.05, 4.69) is 36.8 Å². The molecule has 44 heavy (non-hydrogen) atoms. The van der Waals surface area contributed by atoms with Crippen LogP contribution >= 0.6 is 27.3 Å². The van der Waals surface area contributed by atoms with E-state index in [1.807, 2.05) is 48.7 Å². The second-order valence-corrected chi connectivity index (χ2v) is 11.3. The number of amides is 1. The molecule has 0 saturated heterocycles. The molecule has 12 heteroatoms. The molecule has 0 spiro atoms. The van der Waals surface area contributed by atoms with Crippen molar-refractivity contribution in [3.8, 4) is 22.8 Å². The Labute approximate surface area is 265 Å². The summed E-state index contributed by atoms with van der Waals surface area (Å²) in [6.45, 7) is 2.16. The highest BCUT2D eigenvalue weighted by Gasteiger charge is 2.12. The summed E-state index contributed by atoms with van der Waals surface area (Å²) >= 11 is 5.00. The molecule has 222 valence electrons. The number of rotatable bonds is 11. The maximum absolute atomic E-state index is 12.7. The number of ether oxygens (including phenoxy) is 2. The van der Waals surface area contributed by atoms with Crippen LogP contribution in [0, 0.1) is 17.0 Å². The van der Waals surface area contributed by atoms with Crippen molar-refractivity contribution >= 4 is 55.9 Å². The first-order chi connectivity index (χ1) is 21.3. The Bertz CT molecular complexity index is 1820. The molecule has 1 amide bonds. The van der Waals surface area contributed by atoms with E-state index in [0.29, 0.717) is 32.7 Å². The number of nitro benzene ring substituents is 1. The van der Waals surface area contributed by atoms with Crippen LogP contribution in [0.15, 0.2) is 99.9 Å². The van der Waals surface area contributed by atoms with E-state index >= 15 is 0 Å². The second kappa shape index (κ2) is 13.9. The number of non-ortho nitro benzene ring substituents is 1. The Kier molecular flexibility index (Phi) is 9.62. The van der Waals surface area contributed by atoms with Gasteiger partial charge in [-0.15, -0.1) is 11.3 Å². The molecule has 5 aromatic rings. The molecular weight excluding hydrogens is 646 g/mol. The Hall–Kier alpha value is -5.07. The molecule has 0 bridgehead atoms. The van der Waals surface area contributed by atoms with Crippen LogP contribution < -0.4 is 20.2 Å². The maximum Gasteiger partial charge on any atom is 0.271 e. The molecule has 0 atom stereocenters. The van der Waals surface area contributed by atoms with Crippen molar-refractivity contribution in [2.75, 3.05) is 12.4 Å². The van der Waals surface area contributed by atoms with E-state index in [1.165, 1.54) is 42.4 Å².